The first-order valence-corrected chi connectivity index (χ1v) is 6.83. The lowest BCUT2D eigenvalue weighted by Crippen LogP contribution is -2.16. The Bertz CT molecular complexity index is 590. The lowest BCUT2D eigenvalue weighted by Gasteiger charge is -2.19. The van der Waals surface area contributed by atoms with Crippen LogP contribution in [0.1, 0.15) is 30.1 Å². The second kappa shape index (κ2) is 7.22. The predicted octanol–water partition coefficient (Wildman–Crippen LogP) is 3.42. The third-order valence-electron chi connectivity index (χ3n) is 3.10. The van der Waals surface area contributed by atoms with Crippen molar-refractivity contribution in [3.05, 3.63) is 53.9 Å². The molecule has 2 N–H and O–H groups in total. The number of anilines is 1. The van der Waals surface area contributed by atoms with Crippen LogP contribution in [-0.2, 0) is 6.18 Å². The Balaban J connectivity index is 2.20. The fraction of sp³-hybridized carbons (Fsp3) is 0.333. The molecule has 7 heteroatoms. The van der Waals surface area contributed by atoms with E-state index in [-0.39, 0.29) is 18.6 Å². The van der Waals surface area contributed by atoms with E-state index in [1.54, 1.807) is 0 Å². The van der Waals surface area contributed by atoms with Crippen molar-refractivity contribution in [1.29, 1.82) is 0 Å². The Morgan fingerprint density at radius 1 is 1.14 bits per heavy atom. The molecule has 22 heavy (non-hydrogen) atoms. The molecule has 0 saturated heterocycles. The number of aliphatic hydroxyl groups is 1. The maximum Gasteiger partial charge on any atom is 0.433 e. The first kappa shape index (κ1) is 16.2. The number of benzene rings is 1. The van der Waals surface area contributed by atoms with Crippen LogP contribution >= 0.6 is 0 Å². The molecule has 0 aliphatic heterocycles. The zero-order valence-corrected chi connectivity index (χ0v) is 11.7. The highest BCUT2D eigenvalue weighted by molar-refractivity contribution is 5.32. The van der Waals surface area contributed by atoms with Crippen LogP contribution in [0.3, 0.4) is 0 Å². The molecule has 1 atom stereocenters. The molecule has 0 saturated carbocycles. The van der Waals surface area contributed by atoms with E-state index in [9.17, 15) is 13.2 Å². The summed E-state index contributed by atoms with van der Waals surface area (Å²) in [6, 6.07) is 9.83. The maximum atomic E-state index is 12.7. The predicted molar refractivity (Wildman–Crippen MR) is 76.2 cm³/mol. The largest absolute Gasteiger partial charge is 0.433 e. The molecule has 0 amide bonds. The van der Waals surface area contributed by atoms with Crippen LogP contribution in [-0.4, -0.2) is 21.7 Å². The van der Waals surface area contributed by atoms with E-state index in [1.165, 1.54) is 0 Å². The molecule has 0 bridgehead atoms. The second-order valence-corrected chi connectivity index (χ2v) is 4.74. The van der Waals surface area contributed by atoms with Crippen molar-refractivity contribution in [2.45, 2.75) is 25.1 Å². The Morgan fingerprint density at radius 2 is 1.86 bits per heavy atom. The fourth-order valence-corrected chi connectivity index (χ4v) is 2.04. The van der Waals surface area contributed by atoms with Gasteiger partial charge in [0.05, 0.1) is 6.04 Å². The van der Waals surface area contributed by atoms with Gasteiger partial charge in [-0.05, 0) is 24.5 Å². The minimum absolute atomic E-state index is 0.00839. The molecule has 1 aromatic carbocycles. The van der Waals surface area contributed by atoms with Crippen LogP contribution < -0.4 is 5.32 Å². The van der Waals surface area contributed by atoms with Crippen molar-refractivity contribution in [1.82, 2.24) is 9.97 Å². The van der Waals surface area contributed by atoms with Gasteiger partial charge in [0.2, 0.25) is 5.95 Å². The lowest BCUT2D eigenvalue weighted by atomic mass is 10.0. The summed E-state index contributed by atoms with van der Waals surface area (Å²) in [6.45, 7) is 0.00839. The Kier molecular flexibility index (Phi) is 5.32. The molecule has 0 fully saturated rings. The minimum Gasteiger partial charge on any atom is -0.396 e. The van der Waals surface area contributed by atoms with Gasteiger partial charge in [-0.2, -0.15) is 13.2 Å². The number of alkyl halides is 3. The lowest BCUT2D eigenvalue weighted by molar-refractivity contribution is -0.141. The van der Waals surface area contributed by atoms with Gasteiger partial charge in [0, 0.05) is 12.8 Å². The van der Waals surface area contributed by atoms with Crippen LogP contribution in [0.15, 0.2) is 42.6 Å². The number of nitrogens with zero attached hydrogens (tertiary/aromatic N) is 2. The van der Waals surface area contributed by atoms with Crippen LogP contribution in [0, 0.1) is 0 Å². The average molecular weight is 311 g/mol. The number of aromatic nitrogens is 2. The van der Waals surface area contributed by atoms with Crippen molar-refractivity contribution >= 4 is 5.95 Å². The molecule has 0 radical (unpaired) electrons. The Hall–Kier alpha value is -2.15. The summed E-state index contributed by atoms with van der Waals surface area (Å²) in [5.74, 6) is -0.0818. The zero-order valence-electron chi connectivity index (χ0n) is 11.7. The van der Waals surface area contributed by atoms with Gasteiger partial charge in [0.1, 0.15) is 5.69 Å². The molecular weight excluding hydrogens is 295 g/mol. The van der Waals surface area contributed by atoms with Gasteiger partial charge < -0.3 is 10.4 Å². The molecule has 0 aliphatic carbocycles. The number of halogens is 3. The number of hydrogen-bond acceptors (Lipinski definition) is 4. The summed E-state index contributed by atoms with van der Waals surface area (Å²) < 4.78 is 38.0. The van der Waals surface area contributed by atoms with Gasteiger partial charge in [-0.1, -0.05) is 30.3 Å². The van der Waals surface area contributed by atoms with E-state index in [4.69, 9.17) is 5.11 Å². The van der Waals surface area contributed by atoms with E-state index in [1.807, 2.05) is 30.3 Å². The molecule has 1 aromatic heterocycles. The summed E-state index contributed by atoms with van der Waals surface area (Å²) in [4.78, 5) is 7.35. The summed E-state index contributed by atoms with van der Waals surface area (Å²) >= 11 is 0. The Morgan fingerprint density at radius 3 is 2.50 bits per heavy atom. The highest BCUT2D eigenvalue weighted by Gasteiger charge is 2.32. The van der Waals surface area contributed by atoms with Crippen molar-refractivity contribution in [3.8, 4) is 0 Å². The zero-order chi connectivity index (χ0) is 16.0. The van der Waals surface area contributed by atoms with Gasteiger partial charge in [-0.3, -0.25) is 0 Å². The molecule has 2 rings (SSSR count). The SMILES string of the molecule is OCCCC(Nc1nccc(C(F)(F)F)n1)c1ccccc1. The first-order valence-electron chi connectivity index (χ1n) is 6.83. The third kappa shape index (κ3) is 4.42. The smallest absolute Gasteiger partial charge is 0.396 e. The highest BCUT2D eigenvalue weighted by Crippen LogP contribution is 2.28. The van der Waals surface area contributed by atoms with Crippen molar-refractivity contribution in [2.75, 3.05) is 11.9 Å². The molecule has 1 heterocycles. The standard InChI is InChI=1S/C15H16F3N3O/c16-15(17,18)13-8-9-19-14(21-13)20-12(7-4-10-22)11-5-2-1-3-6-11/h1-3,5-6,8-9,12,22H,4,7,10H2,(H,19,20,21). The van der Waals surface area contributed by atoms with Crippen LogP contribution in [0.2, 0.25) is 0 Å². The van der Waals surface area contributed by atoms with E-state index in [2.05, 4.69) is 15.3 Å². The van der Waals surface area contributed by atoms with Crippen LogP contribution in [0.25, 0.3) is 0 Å². The summed E-state index contributed by atoms with van der Waals surface area (Å²) in [6.07, 6.45) is -2.36. The number of aliphatic hydroxyl groups excluding tert-OH is 1. The normalized spacial score (nSPS) is 12.9. The molecule has 4 nitrogen and oxygen atoms in total. The van der Waals surface area contributed by atoms with Crippen molar-refractivity contribution < 1.29 is 18.3 Å². The molecule has 118 valence electrons. The quantitative estimate of drug-likeness (QED) is 0.858. The molecule has 2 aromatic rings. The van der Waals surface area contributed by atoms with Gasteiger partial charge in [-0.25, -0.2) is 9.97 Å². The summed E-state index contributed by atoms with van der Waals surface area (Å²) in [5, 5.41) is 11.9. The van der Waals surface area contributed by atoms with E-state index >= 15 is 0 Å². The number of hydrogen-bond donors (Lipinski definition) is 2. The van der Waals surface area contributed by atoms with Gasteiger partial charge in [-0.15, -0.1) is 0 Å². The van der Waals surface area contributed by atoms with Crippen LogP contribution in [0.5, 0.6) is 0 Å². The molecule has 0 aliphatic rings. The molecular formula is C15H16F3N3O. The van der Waals surface area contributed by atoms with E-state index in [0.29, 0.717) is 12.8 Å². The van der Waals surface area contributed by atoms with E-state index < -0.39 is 11.9 Å². The topological polar surface area (TPSA) is 58.0 Å². The Labute approximate surface area is 126 Å². The molecule has 1 unspecified atom stereocenters. The summed E-state index contributed by atoms with van der Waals surface area (Å²) in [7, 11) is 0. The minimum atomic E-state index is -4.51. The molecule has 0 spiro atoms. The van der Waals surface area contributed by atoms with Crippen LogP contribution in [0.4, 0.5) is 19.1 Å². The third-order valence-corrected chi connectivity index (χ3v) is 3.10. The van der Waals surface area contributed by atoms with Crippen molar-refractivity contribution in [2.24, 2.45) is 0 Å². The highest BCUT2D eigenvalue weighted by atomic mass is 19.4. The van der Waals surface area contributed by atoms with Gasteiger partial charge in [0.25, 0.3) is 0 Å². The monoisotopic (exact) mass is 311 g/mol. The maximum absolute atomic E-state index is 12.7. The number of nitrogens with one attached hydrogen (secondary N) is 1. The van der Waals surface area contributed by atoms with Crippen molar-refractivity contribution in [3.63, 3.8) is 0 Å². The number of rotatable bonds is 6. The van der Waals surface area contributed by atoms with Gasteiger partial charge >= 0.3 is 6.18 Å². The second-order valence-electron chi connectivity index (χ2n) is 4.74. The first-order chi connectivity index (χ1) is 10.5. The summed E-state index contributed by atoms with van der Waals surface area (Å²) in [5.41, 5.74) is -0.0871. The fourth-order valence-electron chi connectivity index (χ4n) is 2.04. The van der Waals surface area contributed by atoms with E-state index in [0.717, 1.165) is 17.8 Å². The van der Waals surface area contributed by atoms with Gasteiger partial charge in [0.15, 0.2) is 0 Å². The average Bonchev–Trinajstić information content (AvgIpc) is 2.52.